The van der Waals surface area contributed by atoms with E-state index in [-0.39, 0.29) is 11.9 Å². The van der Waals surface area contributed by atoms with Gasteiger partial charge in [-0.3, -0.25) is 9.48 Å². The van der Waals surface area contributed by atoms with Gasteiger partial charge in [0.15, 0.2) is 5.69 Å². The zero-order chi connectivity index (χ0) is 16.0. The lowest BCUT2D eigenvalue weighted by atomic mass is 9.96. The fraction of sp³-hybridized carbons (Fsp3) is 0.556. The summed E-state index contributed by atoms with van der Waals surface area (Å²) >= 11 is 0. The molecule has 5 nitrogen and oxygen atoms in total. The average molecular weight is 312 g/mol. The van der Waals surface area contributed by atoms with E-state index in [1.165, 1.54) is 19.3 Å². The van der Waals surface area contributed by atoms with E-state index in [2.05, 4.69) is 22.4 Å². The van der Waals surface area contributed by atoms with Gasteiger partial charge in [-0.15, -0.1) is 0 Å². The second-order valence-corrected chi connectivity index (χ2v) is 7.02. The van der Waals surface area contributed by atoms with Gasteiger partial charge >= 0.3 is 0 Å². The maximum Gasteiger partial charge on any atom is 0.272 e. The van der Waals surface area contributed by atoms with Crippen molar-refractivity contribution in [3.05, 3.63) is 30.0 Å². The molecule has 3 atom stereocenters. The molecule has 2 aromatic rings. The molecule has 1 N–H and O–H groups in total. The van der Waals surface area contributed by atoms with Crippen LogP contribution in [0.25, 0.3) is 10.9 Å². The molecule has 23 heavy (non-hydrogen) atoms. The van der Waals surface area contributed by atoms with Crippen molar-refractivity contribution in [3.8, 4) is 0 Å². The average Bonchev–Trinajstić information content (AvgIpc) is 3.00. The van der Waals surface area contributed by atoms with E-state index in [9.17, 15) is 4.79 Å². The van der Waals surface area contributed by atoms with Gasteiger partial charge < -0.3 is 10.2 Å². The van der Waals surface area contributed by atoms with Gasteiger partial charge in [-0.05, 0) is 45.2 Å². The Bertz CT molecular complexity index is 738. The van der Waals surface area contributed by atoms with Gasteiger partial charge in [-0.25, -0.2) is 0 Å². The fourth-order valence-electron chi connectivity index (χ4n) is 4.33. The van der Waals surface area contributed by atoms with Gasteiger partial charge in [-0.1, -0.05) is 18.2 Å². The van der Waals surface area contributed by atoms with Crippen LogP contribution in [0.5, 0.6) is 0 Å². The number of rotatable bonds is 2. The molecule has 2 bridgehead atoms. The molecule has 1 amide bonds. The van der Waals surface area contributed by atoms with E-state index in [1.807, 2.05) is 31.3 Å². The predicted molar refractivity (Wildman–Crippen MR) is 90.4 cm³/mol. The van der Waals surface area contributed by atoms with Crippen LogP contribution in [0.15, 0.2) is 24.3 Å². The number of amides is 1. The second-order valence-electron chi connectivity index (χ2n) is 7.02. The molecule has 0 spiro atoms. The van der Waals surface area contributed by atoms with Gasteiger partial charge in [0.1, 0.15) is 0 Å². The zero-order valence-electron chi connectivity index (χ0n) is 13.8. The Morgan fingerprint density at radius 1 is 1.13 bits per heavy atom. The molecule has 5 heteroatoms. The van der Waals surface area contributed by atoms with Crippen molar-refractivity contribution in [2.75, 3.05) is 7.05 Å². The lowest BCUT2D eigenvalue weighted by molar-refractivity contribution is 0.0926. The van der Waals surface area contributed by atoms with E-state index in [4.69, 9.17) is 0 Å². The van der Waals surface area contributed by atoms with Gasteiger partial charge in [0.2, 0.25) is 0 Å². The maximum absolute atomic E-state index is 12.7. The standard InChI is InChI=1S/C18H24N4O/c1-21-13-8-7-12(11-14(21)10-9-13)19-18(23)17-15-5-3-4-6-16(15)22(2)20-17/h3-6,12-14H,7-11H2,1-2H3,(H,19,23)/t12-,13-,14-/m1/s1. The van der Waals surface area contributed by atoms with Crippen LogP contribution in [-0.2, 0) is 7.05 Å². The summed E-state index contributed by atoms with van der Waals surface area (Å²) in [7, 11) is 4.12. The van der Waals surface area contributed by atoms with Crippen LogP contribution in [0.3, 0.4) is 0 Å². The van der Waals surface area contributed by atoms with Crippen LogP contribution in [-0.4, -0.2) is 45.8 Å². The smallest absolute Gasteiger partial charge is 0.272 e. The number of fused-ring (bicyclic) bond motifs is 3. The van der Waals surface area contributed by atoms with Gasteiger partial charge in [0.25, 0.3) is 5.91 Å². The normalized spacial score (nSPS) is 28.0. The highest BCUT2D eigenvalue weighted by molar-refractivity contribution is 6.04. The van der Waals surface area contributed by atoms with Gasteiger partial charge in [-0.2, -0.15) is 5.10 Å². The Kier molecular flexibility index (Phi) is 3.60. The number of carbonyl (C=O) groups excluding carboxylic acids is 1. The van der Waals surface area contributed by atoms with Crippen molar-refractivity contribution in [2.45, 2.75) is 50.2 Å². The van der Waals surface area contributed by atoms with Crippen molar-refractivity contribution in [1.82, 2.24) is 20.0 Å². The molecule has 2 aliphatic rings. The Hall–Kier alpha value is -1.88. The number of benzene rings is 1. The minimum atomic E-state index is -0.0350. The third kappa shape index (κ3) is 2.53. The Morgan fingerprint density at radius 3 is 2.74 bits per heavy atom. The van der Waals surface area contributed by atoms with Crippen LogP contribution < -0.4 is 5.32 Å². The van der Waals surface area contributed by atoms with E-state index in [1.54, 1.807) is 4.68 Å². The summed E-state index contributed by atoms with van der Waals surface area (Å²) in [6, 6.07) is 9.50. The van der Waals surface area contributed by atoms with Gasteiger partial charge in [0, 0.05) is 30.6 Å². The molecule has 3 heterocycles. The molecule has 2 saturated heterocycles. The summed E-state index contributed by atoms with van der Waals surface area (Å²) in [5.74, 6) is -0.0350. The first-order valence-electron chi connectivity index (χ1n) is 8.58. The highest BCUT2D eigenvalue weighted by Crippen LogP contribution is 2.33. The molecule has 0 unspecified atom stereocenters. The summed E-state index contributed by atoms with van der Waals surface area (Å²) in [6.45, 7) is 0. The van der Waals surface area contributed by atoms with Crippen molar-refractivity contribution in [1.29, 1.82) is 0 Å². The Labute approximate surface area is 136 Å². The lowest BCUT2D eigenvalue weighted by Crippen LogP contribution is -2.38. The zero-order valence-corrected chi connectivity index (χ0v) is 13.8. The molecular formula is C18H24N4O. The molecule has 0 radical (unpaired) electrons. The summed E-state index contributed by atoms with van der Waals surface area (Å²) in [6.07, 6.45) is 5.89. The first-order valence-corrected chi connectivity index (χ1v) is 8.58. The van der Waals surface area contributed by atoms with Crippen molar-refractivity contribution < 1.29 is 4.79 Å². The summed E-state index contributed by atoms with van der Waals surface area (Å²) < 4.78 is 1.78. The van der Waals surface area contributed by atoms with E-state index in [0.29, 0.717) is 17.8 Å². The van der Waals surface area contributed by atoms with Crippen LogP contribution in [0.1, 0.15) is 42.6 Å². The van der Waals surface area contributed by atoms with Crippen LogP contribution >= 0.6 is 0 Å². The van der Waals surface area contributed by atoms with Gasteiger partial charge in [0.05, 0.1) is 5.52 Å². The first kappa shape index (κ1) is 14.7. The van der Waals surface area contributed by atoms with Crippen molar-refractivity contribution in [3.63, 3.8) is 0 Å². The predicted octanol–water partition coefficient (Wildman–Crippen LogP) is 2.32. The number of carbonyl (C=O) groups is 1. The quantitative estimate of drug-likeness (QED) is 0.926. The molecule has 4 rings (SSSR count). The Morgan fingerprint density at radius 2 is 1.87 bits per heavy atom. The monoisotopic (exact) mass is 312 g/mol. The maximum atomic E-state index is 12.7. The molecular weight excluding hydrogens is 288 g/mol. The summed E-state index contributed by atoms with van der Waals surface area (Å²) in [4.78, 5) is 15.3. The number of nitrogens with one attached hydrogen (secondary N) is 1. The number of aryl methyl sites for hydroxylation is 1. The molecule has 1 aromatic carbocycles. The number of nitrogens with zero attached hydrogens (tertiary/aromatic N) is 3. The Balaban J connectivity index is 1.53. The summed E-state index contributed by atoms with van der Waals surface area (Å²) in [5.41, 5.74) is 1.54. The van der Waals surface area contributed by atoms with E-state index in [0.717, 1.165) is 23.7 Å². The minimum absolute atomic E-state index is 0.0350. The molecule has 0 aliphatic carbocycles. The van der Waals surface area contributed by atoms with Crippen molar-refractivity contribution in [2.24, 2.45) is 7.05 Å². The van der Waals surface area contributed by atoms with Crippen LogP contribution in [0.4, 0.5) is 0 Å². The molecule has 0 saturated carbocycles. The molecule has 1 aromatic heterocycles. The number of hydrogen-bond donors (Lipinski definition) is 1. The van der Waals surface area contributed by atoms with Crippen LogP contribution in [0, 0.1) is 0 Å². The topological polar surface area (TPSA) is 50.2 Å². The number of hydrogen-bond acceptors (Lipinski definition) is 3. The van der Waals surface area contributed by atoms with E-state index >= 15 is 0 Å². The highest BCUT2D eigenvalue weighted by Gasteiger charge is 2.36. The third-order valence-electron chi connectivity index (χ3n) is 5.70. The second kappa shape index (κ2) is 5.64. The SMILES string of the molecule is CN1[C@@H]2CC[C@@H](NC(=O)c3nn(C)c4ccccc34)C[C@H]1CC2. The largest absolute Gasteiger partial charge is 0.348 e. The minimum Gasteiger partial charge on any atom is -0.348 e. The third-order valence-corrected chi connectivity index (χ3v) is 5.70. The fourth-order valence-corrected chi connectivity index (χ4v) is 4.33. The lowest BCUT2D eigenvalue weighted by Gasteiger charge is -2.23. The van der Waals surface area contributed by atoms with Crippen LogP contribution in [0.2, 0.25) is 0 Å². The summed E-state index contributed by atoms with van der Waals surface area (Å²) in [5, 5.41) is 8.61. The first-order chi connectivity index (χ1) is 11.1. The molecule has 2 aliphatic heterocycles. The number of aromatic nitrogens is 2. The molecule has 2 fully saturated rings. The number of para-hydroxylation sites is 1. The van der Waals surface area contributed by atoms with Crippen molar-refractivity contribution >= 4 is 16.8 Å². The highest BCUT2D eigenvalue weighted by atomic mass is 16.2. The molecule has 122 valence electrons. The van der Waals surface area contributed by atoms with E-state index < -0.39 is 0 Å².